The monoisotopic (exact) mass is 217 g/mol. The van der Waals surface area contributed by atoms with Gasteiger partial charge in [-0.05, 0) is 49.1 Å². The number of anilines is 1. The van der Waals surface area contributed by atoms with Gasteiger partial charge in [0, 0.05) is 13.1 Å². The van der Waals surface area contributed by atoms with Crippen molar-refractivity contribution in [2.45, 2.75) is 32.2 Å². The number of nitrogens with two attached hydrogens (primary N) is 1. The summed E-state index contributed by atoms with van der Waals surface area (Å²) in [7, 11) is 0. The number of nitrogens with one attached hydrogen (secondary N) is 1. The zero-order chi connectivity index (χ0) is 11.0. The molecule has 0 spiro atoms. The number of pyridine rings is 1. The third kappa shape index (κ3) is 2.05. The molecule has 86 valence electrons. The molecule has 0 bridgehead atoms. The Hall–Kier alpha value is -1.09. The normalized spacial score (nSPS) is 22.0. The summed E-state index contributed by atoms with van der Waals surface area (Å²) in [5.74, 6) is 1.03. The molecule has 1 heterocycles. The van der Waals surface area contributed by atoms with Gasteiger partial charge in [0.1, 0.15) is 0 Å². The minimum atomic E-state index is 0.674. The van der Waals surface area contributed by atoms with Crippen LogP contribution in [0.15, 0.2) is 18.3 Å². The van der Waals surface area contributed by atoms with Crippen molar-refractivity contribution in [1.82, 2.24) is 10.3 Å². The summed E-state index contributed by atoms with van der Waals surface area (Å²) in [6.07, 6.45) is 7.51. The molecular weight excluding hydrogens is 198 g/mol. The first-order valence-corrected chi connectivity index (χ1v) is 6.20. The number of rotatable bonds is 5. The number of hydrogen-bond acceptors (Lipinski definition) is 3. The number of hydrogen-bond donors (Lipinski definition) is 2. The van der Waals surface area contributed by atoms with Crippen LogP contribution >= 0.6 is 0 Å². The summed E-state index contributed by atoms with van der Waals surface area (Å²) in [6.45, 7) is 2.04. The van der Waals surface area contributed by atoms with E-state index in [2.05, 4.69) is 10.3 Å². The average Bonchev–Trinajstić information content (AvgIpc) is 3.15. The first-order chi connectivity index (χ1) is 7.78. The Morgan fingerprint density at radius 1 is 1.38 bits per heavy atom. The van der Waals surface area contributed by atoms with Crippen molar-refractivity contribution >= 4 is 5.69 Å². The van der Waals surface area contributed by atoms with Gasteiger partial charge in [0.25, 0.3) is 0 Å². The summed E-state index contributed by atoms with van der Waals surface area (Å²) in [4.78, 5) is 4.29. The van der Waals surface area contributed by atoms with Crippen LogP contribution in [0.2, 0.25) is 0 Å². The van der Waals surface area contributed by atoms with Crippen LogP contribution in [0.1, 0.15) is 31.4 Å². The molecule has 16 heavy (non-hydrogen) atoms. The summed E-state index contributed by atoms with van der Waals surface area (Å²) < 4.78 is 0. The quantitative estimate of drug-likeness (QED) is 0.792. The highest BCUT2D eigenvalue weighted by atomic mass is 14.9. The second-order valence-electron chi connectivity index (χ2n) is 5.32. The van der Waals surface area contributed by atoms with Crippen LogP contribution in [-0.4, -0.2) is 11.5 Å². The minimum Gasteiger partial charge on any atom is -0.397 e. The van der Waals surface area contributed by atoms with Crippen LogP contribution in [0.5, 0.6) is 0 Å². The van der Waals surface area contributed by atoms with Crippen LogP contribution in [0.25, 0.3) is 0 Å². The second-order valence-corrected chi connectivity index (χ2v) is 5.32. The Morgan fingerprint density at radius 2 is 2.19 bits per heavy atom. The highest BCUT2D eigenvalue weighted by molar-refractivity contribution is 5.34. The number of aromatic nitrogens is 1. The smallest absolute Gasteiger partial charge is 0.0543 e. The lowest BCUT2D eigenvalue weighted by molar-refractivity contribution is 0.402. The van der Waals surface area contributed by atoms with Crippen LogP contribution in [0.4, 0.5) is 5.69 Å². The second kappa shape index (κ2) is 3.74. The van der Waals surface area contributed by atoms with Gasteiger partial charge in [-0.1, -0.05) is 0 Å². The topological polar surface area (TPSA) is 50.9 Å². The third-order valence-corrected chi connectivity index (χ3v) is 3.97. The van der Waals surface area contributed by atoms with Gasteiger partial charge in [-0.3, -0.25) is 4.98 Å². The first kappa shape index (κ1) is 10.1. The van der Waals surface area contributed by atoms with E-state index in [9.17, 15) is 0 Å². The molecule has 2 saturated carbocycles. The van der Waals surface area contributed by atoms with Crippen molar-refractivity contribution in [3.8, 4) is 0 Å². The molecule has 0 aromatic carbocycles. The van der Waals surface area contributed by atoms with Crippen molar-refractivity contribution in [2.75, 3.05) is 12.3 Å². The molecule has 0 unspecified atom stereocenters. The molecule has 0 aliphatic heterocycles. The SMILES string of the molecule is Nc1ccc(CNCC2(C3CC3)CC2)nc1. The maximum Gasteiger partial charge on any atom is 0.0543 e. The lowest BCUT2D eigenvalue weighted by atomic mass is 10.0. The predicted octanol–water partition coefficient (Wildman–Crippen LogP) is 1.94. The standard InChI is InChI=1S/C13H19N3/c14-11-3-4-12(16-7-11)8-15-9-13(5-6-13)10-1-2-10/h3-4,7,10,15H,1-2,5-6,8-9,14H2. The molecule has 0 amide bonds. The summed E-state index contributed by atoms with van der Waals surface area (Å²) >= 11 is 0. The van der Waals surface area contributed by atoms with Crippen LogP contribution < -0.4 is 11.1 Å². The van der Waals surface area contributed by atoms with E-state index in [4.69, 9.17) is 5.73 Å². The van der Waals surface area contributed by atoms with Crippen molar-refractivity contribution in [2.24, 2.45) is 11.3 Å². The fourth-order valence-corrected chi connectivity index (χ4v) is 2.57. The van der Waals surface area contributed by atoms with Gasteiger partial charge in [-0.2, -0.15) is 0 Å². The summed E-state index contributed by atoms with van der Waals surface area (Å²) in [5, 5.41) is 3.54. The number of nitrogen functional groups attached to an aromatic ring is 1. The van der Waals surface area contributed by atoms with Gasteiger partial charge in [-0.15, -0.1) is 0 Å². The molecule has 3 rings (SSSR count). The van der Waals surface area contributed by atoms with Crippen LogP contribution in [0, 0.1) is 11.3 Å². The maximum atomic E-state index is 5.60. The Kier molecular flexibility index (Phi) is 2.36. The lowest BCUT2D eigenvalue weighted by Gasteiger charge is -2.14. The van der Waals surface area contributed by atoms with E-state index in [0.717, 1.165) is 23.8 Å². The molecule has 2 fully saturated rings. The van der Waals surface area contributed by atoms with Gasteiger partial charge >= 0.3 is 0 Å². The van der Waals surface area contributed by atoms with E-state index in [1.165, 1.54) is 32.2 Å². The highest BCUT2D eigenvalue weighted by Crippen LogP contribution is 2.60. The highest BCUT2D eigenvalue weighted by Gasteiger charge is 2.53. The average molecular weight is 217 g/mol. The van der Waals surface area contributed by atoms with Crippen molar-refractivity contribution in [3.05, 3.63) is 24.0 Å². The molecular formula is C13H19N3. The zero-order valence-electron chi connectivity index (χ0n) is 9.58. The van der Waals surface area contributed by atoms with Crippen molar-refractivity contribution in [3.63, 3.8) is 0 Å². The van der Waals surface area contributed by atoms with E-state index < -0.39 is 0 Å². The Balaban J connectivity index is 1.48. The third-order valence-electron chi connectivity index (χ3n) is 3.97. The first-order valence-electron chi connectivity index (χ1n) is 6.20. The summed E-state index contributed by atoms with van der Waals surface area (Å²) in [6, 6.07) is 3.91. The fraction of sp³-hybridized carbons (Fsp3) is 0.615. The molecule has 1 aromatic heterocycles. The number of nitrogens with zero attached hydrogens (tertiary/aromatic N) is 1. The van der Waals surface area contributed by atoms with E-state index in [0.29, 0.717) is 5.41 Å². The Morgan fingerprint density at radius 3 is 2.75 bits per heavy atom. The molecule has 3 nitrogen and oxygen atoms in total. The van der Waals surface area contributed by atoms with Crippen LogP contribution in [-0.2, 0) is 6.54 Å². The zero-order valence-corrected chi connectivity index (χ0v) is 9.58. The molecule has 0 atom stereocenters. The molecule has 1 aromatic rings. The van der Waals surface area contributed by atoms with Gasteiger partial charge in [0.05, 0.1) is 17.6 Å². The van der Waals surface area contributed by atoms with E-state index >= 15 is 0 Å². The molecule has 0 saturated heterocycles. The molecule has 2 aliphatic rings. The van der Waals surface area contributed by atoms with Crippen molar-refractivity contribution < 1.29 is 0 Å². The van der Waals surface area contributed by atoms with E-state index in [1.807, 2.05) is 12.1 Å². The van der Waals surface area contributed by atoms with Crippen molar-refractivity contribution in [1.29, 1.82) is 0 Å². The Labute approximate surface area is 96.4 Å². The predicted molar refractivity (Wildman–Crippen MR) is 64.7 cm³/mol. The summed E-state index contributed by atoms with van der Waals surface area (Å²) in [5.41, 5.74) is 8.09. The molecule has 0 radical (unpaired) electrons. The minimum absolute atomic E-state index is 0.674. The van der Waals surface area contributed by atoms with Gasteiger partial charge in [0.15, 0.2) is 0 Å². The van der Waals surface area contributed by atoms with Gasteiger partial charge in [0.2, 0.25) is 0 Å². The Bertz CT molecular complexity index is 363. The van der Waals surface area contributed by atoms with Crippen LogP contribution in [0.3, 0.4) is 0 Å². The molecule has 2 aliphatic carbocycles. The molecule has 3 N–H and O–H groups in total. The lowest BCUT2D eigenvalue weighted by Crippen LogP contribution is -2.25. The largest absolute Gasteiger partial charge is 0.397 e. The van der Waals surface area contributed by atoms with E-state index in [1.54, 1.807) is 6.20 Å². The van der Waals surface area contributed by atoms with Gasteiger partial charge in [-0.25, -0.2) is 0 Å². The molecule has 3 heteroatoms. The van der Waals surface area contributed by atoms with Gasteiger partial charge < -0.3 is 11.1 Å². The fourth-order valence-electron chi connectivity index (χ4n) is 2.57. The van der Waals surface area contributed by atoms with E-state index in [-0.39, 0.29) is 0 Å². The maximum absolute atomic E-state index is 5.60.